The molecule has 3 N–H and O–H groups in total. The number of nitrogens with two attached hydrogens (primary N) is 1. The number of carbonyl (C=O) groups is 1. The highest BCUT2D eigenvalue weighted by molar-refractivity contribution is 6.06. The molecular weight excluding hydrogens is 520 g/mol. The van der Waals surface area contributed by atoms with Gasteiger partial charge in [0, 0.05) is 24.2 Å². The van der Waals surface area contributed by atoms with Crippen LogP contribution in [0.15, 0.2) is 55.0 Å². The highest BCUT2D eigenvalue weighted by Gasteiger charge is 2.30. The second kappa shape index (κ2) is 10.8. The van der Waals surface area contributed by atoms with Gasteiger partial charge in [-0.2, -0.15) is 10.4 Å². The Hall–Kier alpha value is -5.11. The van der Waals surface area contributed by atoms with Crippen molar-refractivity contribution in [3.63, 3.8) is 0 Å². The smallest absolute Gasteiger partial charge is 0.255 e. The number of nitrogen functional groups attached to an aromatic ring is 1. The molecule has 2 aliphatic rings. The van der Waals surface area contributed by atoms with E-state index in [4.69, 9.17) is 25.6 Å². The van der Waals surface area contributed by atoms with Crippen LogP contribution in [0.1, 0.15) is 54.6 Å². The molecule has 1 saturated heterocycles. The molecule has 1 amide bonds. The maximum atomic E-state index is 13.1. The minimum Gasteiger partial charge on any atom is -0.453 e. The Balaban J connectivity index is 1.35. The van der Waals surface area contributed by atoms with E-state index in [-0.39, 0.29) is 24.7 Å². The van der Waals surface area contributed by atoms with E-state index >= 15 is 0 Å². The zero-order valence-corrected chi connectivity index (χ0v) is 22.9. The summed E-state index contributed by atoms with van der Waals surface area (Å²) in [4.78, 5) is 24.2. The molecule has 208 valence electrons. The SMILES string of the molecule is CC=CN1CCC[C@@H](n2nc(-c3ccc(NC(=O)c4ccc([C@@H](C)C#N)cc4)c4c3OCO4)c3c(N)ncnc32)C1. The minimum atomic E-state index is -0.304. The van der Waals surface area contributed by atoms with Gasteiger partial charge in [0.1, 0.15) is 17.8 Å². The van der Waals surface area contributed by atoms with Crippen LogP contribution in [0, 0.1) is 11.3 Å². The molecule has 0 spiro atoms. The summed E-state index contributed by atoms with van der Waals surface area (Å²) in [5.74, 6) is 0.659. The highest BCUT2D eigenvalue weighted by atomic mass is 16.7. The first-order chi connectivity index (χ1) is 20.0. The Morgan fingerprint density at radius 3 is 2.78 bits per heavy atom. The zero-order valence-electron chi connectivity index (χ0n) is 22.9. The van der Waals surface area contributed by atoms with Crippen molar-refractivity contribution in [2.24, 2.45) is 0 Å². The van der Waals surface area contributed by atoms with Gasteiger partial charge in [0.15, 0.2) is 17.1 Å². The summed E-state index contributed by atoms with van der Waals surface area (Å²) in [5, 5.41) is 17.7. The zero-order chi connectivity index (χ0) is 28.5. The summed E-state index contributed by atoms with van der Waals surface area (Å²) in [6.07, 6.45) is 7.61. The second-order valence-corrected chi connectivity index (χ2v) is 10.2. The Bertz CT molecular complexity index is 1690. The third kappa shape index (κ3) is 4.78. The molecule has 6 rings (SSSR count). The van der Waals surface area contributed by atoms with Gasteiger partial charge in [-0.15, -0.1) is 0 Å². The number of carbonyl (C=O) groups excluding carboxylic acids is 1. The quantitative estimate of drug-likeness (QED) is 0.344. The lowest BCUT2D eigenvalue weighted by Crippen LogP contribution is -2.33. The molecule has 41 heavy (non-hydrogen) atoms. The van der Waals surface area contributed by atoms with Gasteiger partial charge in [-0.3, -0.25) is 4.79 Å². The number of nitriles is 1. The monoisotopic (exact) mass is 550 g/mol. The molecule has 2 atom stereocenters. The third-order valence-electron chi connectivity index (χ3n) is 7.54. The number of rotatable bonds is 6. The topological polar surface area (TPSA) is 144 Å². The fourth-order valence-electron chi connectivity index (χ4n) is 5.44. The highest BCUT2D eigenvalue weighted by Crippen LogP contribution is 2.48. The number of amides is 1. The summed E-state index contributed by atoms with van der Waals surface area (Å²) in [7, 11) is 0. The van der Waals surface area contributed by atoms with Crippen molar-refractivity contribution in [1.29, 1.82) is 5.26 Å². The molecule has 0 bridgehead atoms. The van der Waals surface area contributed by atoms with Crippen LogP contribution >= 0.6 is 0 Å². The summed E-state index contributed by atoms with van der Waals surface area (Å²) in [6, 6.07) is 12.9. The van der Waals surface area contributed by atoms with Crippen molar-refractivity contribution < 1.29 is 14.3 Å². The number of fused-ring (bicyclic) bond motifs is 2. The number of nitrogens with one attached hydrogen (secondary N) is 1. The van der Waals surface area contributed by atoms with E-state index in [1.165, 1.54) is 6.33 Å². The number of benzene rings is 2. The summed E-state index contributed by atoms with van der Waals surface area (Å²) in [6.45, 7) is 5.64. The molecule has 2 aliphatic heterocycles. The van der Waals surface area contributed by atoms with Crippen LogP contribution in [0.5, 0.6) is 11.5 Å². The number of allylic oxidation sites excluding steroid dienone is 1. The average molecular weight is 551 g/mol. The van der Waals surface area contributed by atoms with Gasteiger partial charge in [0.05, 0.1) is 29.1 Å². The lowest BCUT2D eigenvalue weighted by atomic mass is 10.0. The predicted molar refractivity (Wildman–Crippen MR) is 154 cm³/mol. The van der Waals surface area contributed by atoms with Crippen LogP contribution in [0.25, 0.3) is 22.3 Å². The Kier molecular flexibility index (Phi) is 6.89. The summed E-state index contributed by atoms with van der Waals surface area (Å²) >= 11 is 0. The normalized spacial score (nSPS) is 17.1. The lowest BCUT2D eigenvalue weighted by molar-refractivity contribution is 0.102. The first kappa shape index (κ1) is 26.1. The lowest BCUT2D eigenvalue weighted by Gasteiger charge is -2.32. The number of anilines is 2. The van der Waals surface area contributed by atoms with Crippen LogP contribution in [-0.4, -0.2) is 50.4 Å². The van der Waals surface area contributed by atoms with Gasteiger partial charge in [0.25, 0.3) is 5.91 Å². The van der Waals surface area contributed by atoms with E-state index in [9.17, 15) is 4.79 Å². The molecule has 4 heterocycles. The molecule has 1 fully saturated rings. The molecule has 2 aromatic heterocycles. The van der Waals surface area contributed by atoms with Gasteiger partial charge < -0.3 is 25.4 Å². The van der Waals surface area contributed by atoms with E-state index in [1.807, 2.05) is 30.7 Å². The second-order valence-electron chi connectivity index (χ2n) is 10.2. The van der Waals surface area contributed by atoms with Gasteiger partial charge in [-0.05, 0) is 62.7 Å². The van der Waals surface area contributed by atoms with Crippen molar-refractivity contribution in [3.8, 4) is 28.8 Å². The van der Waals surface area contributed by atoms with Crippen LogP contribution in [0.3, 0.4) is 0 Å². The molecule has 0 aliphatic carbocycles. The van der Waals surface area contributed by atoms with Crippen LogP contribution in [-0.2, 0) is 0 Å². The van der Waals surface area contributed by atoms with E-state index in [2.05, 4.69) is 32.5 Å². The number of likely N-dealkylation sites (tertiary alicyclic amines) is 1. The predicted octanol–water partition coefficient (Wildman–Crippen LogP) is 4.85. The maximum absolute atomic E-state index is 13.1. The standard InChI is InChI=1S/C30H30N8O3/c1-3-12-37-13-4-5-21(15-37)38-29-24(28(32)33-16-34-29)25(36-38)22-10-11-23(27-26(22)40-17-41-27)35-30(39)20-8-6-19(7-9-20)18(2)14-31/h3,6-12,16,18,21H,4-5,13,15,17H2,1-2H3,(H,35,39)(H2,32,33,34)/t18-,21+/m0/s1. The molecule has 11 heteroatoms. The van der Waals surface area contributed by atoms with Gasteiger partial charge >= 0.3 is 0 Å². The molecule has 0 saturated carbocycles. The number of ether oxygens (including phenoxy) is 2. The van der Waals surface area contributed by atoms with Crippen LogP contribution in [0.2, 0.25) is 0 Å². The van der Waals surface area contributed by atoms with Crippen molar-refractivity contribution in [1.82, 2.24) is 24.6 Å². The summed E-state index contributed by atoms with van der Waals surface area (Å²) in [5.41, 5.74) is 10.1. The fraction of sp³-hybridized carbons (Fsp3) is 0.300. The Morgan fingerprint density at radius 1 is 1.20 bits per heavy atom. The third-order valence-corrected chi connectivity index (χ3v) is 7.54. The fourth-order valence-corrected chi connectivity index (χ4v) is 5.44. The minimum absolute atomic E-state index is 0.00151. The van der Waals surface area contributed by atoms with E-state index < -0.39 is 0 Å². The first-order valence-electron chi connectivity index (χ1n) is 13.6. The number of hydrogen-bond donors (Lipinski definition) is 2. The maximum Gasteiger partial charge on any atom is 0.255 e. The van der Waals surface area contributed by atoms with Gasteiger partial charge in [-0.25, -0.2) is 14.6 Å². The van der Waals surface area contributed by atoms with Crippen molar-refractivity contribution in [2.75, 3.05) is 30.9 Å². The first-order valence-corrected chi connectivity index (χ1v) is 13.6. The Morgan fingerprint density at radius 2 is 2.00 bits per heavy atom. The largest absolute Gasteiger partial charge is 0.453 e. The molecule has 11 nitrogen and oxygen atoms in total. The van der Waals surface area contributed by atoms with Gasteiger partial charge in [0.2, 0.25) is 6.79 Å². The molecule has 0 unspecified atom stereocenters. The van der Waals surface area contributed by atoms with Crippen molar-refractivity contribution in [2.45, 2.75) is 38.6 Å². The molecule has 2 aromatic carbocycles. The summed E-state index contributed by atoms with van der Waals surface area (Å²) < 4.78 is 13.7. The van der Waals surface area contributed by atoms with E-state index in [0.29, 0.717) is 50.9 Å². The number of nitrogens with zero attached hydrogens (tertiary/aromatic N) is 6. The number of aromatic nitrogens is 4. The van der Waals surface area contributed by atoms with Crippen molar-refractivity contribution in [3.05, 3.63) is 66.1 Å². The van der Waals surface area contributed by atoms with Crippen LogP contribution in [0.4, 0.5) is 11.5 Å². The molecular formula is C30H30N8O3. The van der Waals surface area contributed by atoms with Crippen LogP contribution < -0.4 is 20.5 Å². The molecule has 4 aromatic rings. The van der Waals surface area contributed by atoms with E-state index in [0.717, 1.165) is 31.5 Å². The van der Waals surface area contributed by atoms with Gasteiger partial charge in [-0.1, -0.05) is 18.2 Å². The number of hydrogen-bond acceptors (Lipinski definition) is 9. The molecule has 0 radical (unpaired) electrons. The van der Waals surface area contributed by atoms with E-state index in [1.54, 1.807) is 30.3 Å². The average Bonchev–Trinajstić information content (AvgIpc) is 3.64. The number of piperidine rings is 1. The van der Waals surface area contributed by atoms with Crippen molar-refractivity contribution >= 4 is 28.4 Å². The Labute approximate surface area is 237 Å².